The van der Waals surface area contributed by atoms with Gasteiger partial charge in [0.2, 0.25) is 11.9 Å². The second-order valence-electron chi connectivity index (χ2n) is 6.31. The third-order valence-corrected chi connectivity index (χ3v) is 4.35. The zero-order valence-corrected chi connectivity index (χ0v) is 14.5. The first kappa shape index (κ1) is 16.7. The summed E-state index contributed by atoms with van der Waals surface area (Å²) < 4.78 is 5.43. The predicted molar refractivity (Wildman–Crippen MR) is 92.5 cm³/mol. The fraction of sp³-hybridized carbons (Fsp3) is 0.562. The lowest BCUT2D eigenvalue weighted by molar-refractivity contribution is 0.0904. The standard InChI is InChI=1S/C16H25N7O/c1-12(14-18-15(17)20-16(19-14)21(2)3)23-8-6-22(7-9-23)11-13-5-4-10-24-13/h4-5,10,12H,6-9,11H2,1-3H3,(H2,17,18,19,20)/t12-/m0/s1. The molecule has 0 bridgehead atoms. The maximum atomic E-state index is 5.84. The fourth-order valence-corrected chi connectivity index (χ4v) is 2.88. The minimum absolute atomic E-state index is 0.111. The number of furan rings is 1. The number of piperazine rings is 1. The van der Waals surface area contributed by atoms with Crippen LogP contribution in [-0.4, -0.2) is 65.0 Å². The van der Waals surface area contributed by atoms with Crippen LogP contribution in [0.1, 0.15) is 24.6 Å². The molecule has 0 unspecified atom stereocenters. The van der Waals surface area contributed by atoms with Gasteiger partial charge in [0.25, 0.3) is 0 Å². The summed E-state index contributed by atoms with van der Waals surface area (Å²) in [5.74, 6) is 2.61. The Morgan fingerprint density at radius 2 is 1.96 bits per heavy atom. The van der Waals surface area contributed by atoms with Gasteiger partial charge in [-0.2, -0.15) is 15.0 Å². The summed E-state index contributed by atoms with van der Waals surface area (Å²) in [7, 11) is 3.80. The molecule has 1 aliphatic rings. The Morgan fingerprint density at radius 1 is 1.21 bits per heavy atom. The molecule has 2 aromatic heterocycles. The predicted octanol–water partition coefficient (Wildman–Crippen LogP) is 0.992. The topological polar surface area (TPSA) is 87.5 Å². The van der Waals surface area contributed by atoms with Crippen LogP contribution in [-0.2, 0) is 6.54 Å². The average Bonchev–Trinajstić information content (AvgIpc) is 3.07. The lowest BCUT2D eigenvalue weighted by atomic mass is 10.2. The fourth-order valence-electron chi connectivity index (χ4n) is 2.88. The zero-order valence-electron chi connectivity index (χ0n) is 14.5. The Balaban J connectivity index is 1.61. The van der Waals surface area contributed by atoms with Gasteiger partial charge in [-0.15, -0.1) is 0 Å². The van der Waals surface area contributed by atoms with E-state index in [1.165, 1.54) is 0 Å². The molecule has 8 heteroatoms. The molecule has 3 rings (SSSR count). The molecule has 2 aromatic rings. The van der Waals surface area contributed by atoms with Crippen molar-refractivity contribution in [3.05, 3.63) is 30.0 Å². The molecule has 1 fully saturated rings. The van der Waals surface area contributed by atoms with Crippen LogP contribution < -0.4 is 10.6 Å². The van der Waals surface area contributed by atoms with Gasteiger partial charge in [-0.1, -0.05) is 0 Å². The van der Waals surface area contributed by atoms with Crippen molar-refractivity contribution in [3.8, 4) is 0 Å². The first-order chi connectivity index (χ1) is 11.5. The first-order valence-electron chi connectivity index (χ1n) is 8.20. The van der Waals surface area contributed by atoms with Crippen LogP contribution in [0.3, 0.4) is 0 Å². The van der Waals surface area contributed by atoms with E-state index < -0.39 is 0 Å². The number of hydrogen-bond acceptors (Lipinski definition) is 8. The minimum atomic E-state index is 0.111. The van der Waals surface area contributed by atoms with Gasteiger partial charge >= 0.3 is 0 Å². The maximum absolute atomic E-state index is 5.84. The second kappa shape index (κ2) is 7.14. The highest BCUT2D eigenvalue weighted by Gasteiger charge is 2.25. The van der Waals surface area contributed by atoms with Gasteiger partial charge in [0.05, 0.1) is 18.8 Å². The SMILES string of the molecule is C[C@@H](c1nc(N)nc(N(C)C)n1)N1CCN(Cc2ccco2)CC1. The Bertz CT molecular complexity index is 650. The lowest BCUT2D eigenvalue weighted by Gasteiger charge is -2.37. The van der Waals surface area contributed by atoms with Crippen LogP contribution in [0.25, 0.3) is 0 Å². The Labute approximate surface area is 142 Å². The summed E-state index contributed by atoms with van der Waals surface area (Å²) in [6, 6.07) is 4.06. The van der Waals surface area contributed by atoms with Gasteiger partial charge in [0, 0.05) is 40.3 Å². The molecular formula is C16H25N7O. The minimum Gasteiger partial charge on any atom is -0.468 e. The molecule has 1 atom stereocenters. The lowest BCUT2D eigenvalue weighted by Crippen LogP contribution is -2.47. The van der Waals surface area contributed by atoms with Gasteiger partial charge in [0.15, 0.2) is 5.82 Å². The Kier molecular flexibility index (Phi) is 4.96. The molecule has 0 saturated carbocycles. The molecular weight excluding hydrogens is 306 g/mol. The van der Waals surface area contributed by atoms with E-state index in [1.807, 2.05) is 31.1 Å². The van der Waals surface area contributed by atoms with E-state index in [-0.39, 0.29) is 12.0 Å². The summed E-state index contributed by atoms with van der Waals surface area (Å²) >= 11 is 0. The van der Waals surface area contributed by atoms with E-state index in [0.717, 1.165) is 44.3 Å². The van der Waals surface area contributed by atoms with Gasteiger partial charge in [-0.3, -0.25) is 9.80 Å². The molecule has 8 nitrogen and oxygen atoms in total. The molecule has 130 valence electrons. The molecule has 24 heavy (non-hydrogen) atoms. The molecule has 1 aliphatic heterocycles. The number of nitrogens with zero attached hydrogens (tertiary/aromatic N) is 6. The number of hydrogen-bond donors (Lipinski definition) is 1. The maximum Gasteiger partial charge on any atom is 0.229 e. The summed E-state index contributed by atoms with van der Waals surface area (Å²) in [4.78, 5) is 19.7. The molecule has 0 radical (unpaired) electrons. The largest absolute Gasteiger partial charge is 0.468 e. The van der Waals surface area contributed by atoms with E-state index in [4.69, 9.17) is 10.2 Å². The molecule has 3 heterocycles. The van der Waals surface area contributed by atoms with E-state index in [1.54, 1.807) is 6.26 Å². The third kappa shape index (κ3) is 3.82. The summed E-state index contributed by atoms with van der Waals surface area (Å²) in [5, 5.41) is 0. The highest BCUT2D eigenvalue weighted by atomic mass is 16.3. The van der Waals surface area contributed by atoms with Gasteiger partial charge in [-0.05, 0) is 19.1 Å². The van der Waals surface area contributed by atoms with E-state index >= 15 is 0 Å². The highest BCUT2D eigenvalue weighted by molar-refractivity contribution is 5.33. The van der Waals surface area contributed by atoms with Gasteiger partial charge < -0.3 is 15.1 Å². The second-order valence-corrected chi connectivity index (χ2v) is 6.31. The molecule has 0 spiro atoms. The number of nitrogen functional groups attached to an aromatic ring is 1. The number of aromatic nitrogens is 3. The van der Waals surface area contributed by atoms with E-state index in [2.05, 4.69) is 31.7 Å². The van der Waals surface area contributed by atoms with Crippen LogP contribution in [0.15, 0.2) is 22.8 Å². The molecule has 1 saturated heterocycles. The van der Waals surface area contributed by atoms with Crippen molar-refractivity contribution >= 4 is 11.9 Å². The summed E-state index contributed by atoms with van der Waals surface area (Å²) in [5.41, 5.74) is 5.84. The van der Waals surface area contributed by atoms with Crippen molar-refractivity contribution in [2.75, 3.05) is 50.9 Å². The molecule has 0 aliphatic carbocycles. The van der Waals surface area contributed by atoms with Crippen molar-refractivity contribution in [3.63, 3.8) is 0 Å². The van der Waals surface area contributed by atoms with E-state index in [0.29, 0.717) is 5.95 Å². The van der Waals surface area contributed by atoms with Crippen LogP contribution >= 0.6 is 0 Å². The molecule has 2 N–H and O–H groups in total. The van der Waals surface area contributed by atoms with Crippen LogP contribution in [0, 0.1) is 0 Å². The van der Waals surface area contributed by atoms with Crippen molar-refractivity contribution in [1.29, 1.82) is 0 Å². The van der Waals surface area contributed by atoms with Crippen LogP contribution in [0.5, 0.6) is 0 Å². The first-order valence-corrected chi connectivity index (χ1v) is 8.20. The van der Waals surface area contributed by atoms with Crippen molar-refractivity contribution in [1.82, 2.24) is 24.8 Å². The monoisotopic (exact) mass is 331 g/mol. The van der Waals surface area contributed by atoms with Crippen molar-refractivity contribution in [2.24, 2.45) is 0 Å². The van der Waals surface area contributed by atoms with Gasteiger partial charge in [0.1, 0.15) is 5.76 Å². The van der Waals surface area contributed by atoms with Crippen LogP contribution in [0.2, 0.25) is 0 Å². The molecule has 0 aromatic carbocycles. The van der Waals surface area contributed by atoms with Crippen molar-refractivity contribution < 1.29 is 4.42 Å². The van der Waals surface area contributed by atoms with Gasteiger partial charge in [-0.25, -0.2) is 0 Å². The Hall–Kier alpha value is -2.19. The summed E-state index contributed by atoms with van der Waals surface area (Å²) in [6.45, 7) is 6.89. The summed E-state index contributed by atoms with van der Waals surface area (Å²) in [6.07, 6.45) is 1.72. The Morgan fingerprint density at radius 3 is 2.58 bits per heavy atom. The van der Waals surface area contributed by atoms with E-state index in [9.17, 15) is 0 Å². The number of anilines is 2. The normalized spacial score (nSPS) is 17.8. The van der Waals surface area contributed by atoms with Crippen molar-refractivity contribution in [2.45, 2.75) is 19.5 Å². The number of rotatable bonds is 5. The third-order valence-electron chi connectivity index (χ3n) is 4.35. The van der Waals surface area contributed by atoms with Crippen LogP contribution in [0.4, 0.5) is 11.9 Å². The quantitative estimate of drug-likeness (QED) is 0.868. The molecule has 0 amide bonds. The zero-order chi connectivity index (χ0) is 17.1. The highest BCUT2D eigenvalue weighted by Crippen LogP contribution is 2.21. The average molecular weight is 331 g/mol. The smallest absolute Gasteiger partial charge is 0.229 e. The number of nitrogens with two attached hydrogens (primary N) is 1.